The highest BCUT2D eigenvalue weighted by atomic mass is 16.2. The van der Waals surface area contributed by atoms with E-state index in [-0.39, 0.29) is 23.7 Å². The molecule has 1 aromatic carbocycles. The van der Waals surface area contributed by atoms with Gasteiger partial charge in [0, 0.05) is 5.69 Å². The van der Waals surface area contributed by atoms with Gasteiger partial charge in [-0.05, 0) is 49.8 Å². The number of nitrogen functional groups attached to an aromatic ring is 1. The lowest BCUT2D eigenvalue weighted by molar-refractivity contribution is -0.123. The van der Waals surface area contributed by atoms with Crippen molar-refractivity contribution in [3.63, 3.8) is 0 Å². The van der Waals surface area contributed by atoms with Crippen molar-refractivity contribution in [2.24, 2.45) is 17.8 Å². The number of aryl methyl sites for hydroxylation is 1. The largest absolute Gasteiger partial charge is 0.398 e. The van der Waals surface area contributed by atoms with E-state index in [1.165, 1.54) is 4.90 Å². The summed E-state index contributed by atoms with van der Waals surface area (Å²) in [6.07, 6.45) is 1.65. The van der Waals surface area contributed by atoms with Crippen LogP contribution in [0.2, 0.25) is 0 Å². The summed E-state index contributed by atoms with van der Waals surface area (Å²) in [7, 11) is 0. The van der Waals surface area contributed by atoms with Crippen LogP contribution in [-0.2, 0) is 9.59 Å². The Bertz CT molecular complexity index is 585. The van der Waals surface area contributed by atoms with Gasteiger partial charge in [0.2, 0.25) is 11.8 Å². The molecular weight excluding hydrogens is 252 g/mol. The van der Waals surface area contributed by atoms with Crippen molar-refractivity contribution in [3.8, 4) is 0 Å². The van der Waals surface area contributed by atoms with Crippen LogP contribution in [0.15, 0.2) is 12.1 Å². The Hall–Kier alpha value is -1.84. The number of fused-ring (bicyclic) bond motifs is 1. The first-order valence-corrected chi connectivity index (χ1v) is 7.15. The fraction of sp³-hybridized carbons (Fsp3) is 0.500. The number of imide groups is 1. The van der Waals surface area contributed by atoms with Gasteiger partial charge in [-0.3, -0.25) is 9.59 Å². The molecule has 1 heterocycles. The molecule has 2 N–H and O–H groups in total. The first kappa shape index (κ1) is 13.2. The SMILES string of the molecule is Cc1ccc(N)c(C)c1N1C(=O)C2CC(C)CC2C1=O. The third-order valence-electron chi connectivity index (χ3n) is 4.77. The number of rotatable bonds is 1. The zero-order valence-electron chi connectivity index (χ0n) is 12.1. The fourth-order valence-electron chi connectivity index (χ4n) is 3.69. The molecule has 20 heavy (non-hydrogen) atoms. The van der Waals surface area contributed by atoms with Crippen LogP contribution in [0.5, 0.6) is 0 Å². The minimum atomic E-state index is -0.127. The van der Waals surface area contributed by atoms with Crippen LogP contribution in [-0.4, -0.2) is 11.8 Å². The van der Waals surface area contributed by atoms with Crippen LogP contribution in [0.25, 0.3) is 0 Å². The van der Waals surface area contributed by atoms with E-state index in [4.69, 9.17) is 5.73 Å². The van der Waals surface area contributed by atoms with Gasteiger partial charge < -0.3 is 5.73 Å². The lowest BCUT2D eigenvalue weighted by Gasteiger charge is -2.22. The van der Waals surface area contributed by atoms with E-state index in [0.717, 1.165) is 24.0 Å². The molecule has 0 bridgehead atoms. The summed E-state index contributed by atoms with van der Waals surface area (Å²) < 4.78 is 0. The number of carbonyl (C=O) groups is 2. The van der Waals surface area contributed by atoms with Crippen LogP contribution >= 0.6 is 0 Å². The Morgan fingerprint density at radius 3 is 2.20 bits per heavy atom. The molecule has 2 fully saturated rings. The molecule has 1 aromatic rings. The van der Waals surface area contributed by atoms with E-state index in [2.05, 4.69) is 6.92 Å². The molecule has 1 aliphatic heterocycles. The zero-order valence-corrected chi connectivity index (χ0v) is 12.1. The summed E-state index contributed by atoms with van der Waals surface area (Å²) in [5, 5.41) is 0. The number of hydrogen-bond donors (Lipinski definition) is 1. The molecule has 1 saturated heterocycles. The molecular formula is C16H20N2O2. The average Bonchev–Trinajstić information content (AvgIpc) is 2.88. The molecule has 0 spiro atoms. The van der Waals surface area contributed by atoms with Gasteiger partial charge in [0.25, 0.3) is 0 Å². The zero-order chi connectivity index (χ0) is 14.6. The third-order valence-corrected chi connectivity index (χ3v) is 4.77. The number of carbonyl (C=O) groups excluding carboxylic acids is 2. The maximum Gasteiger partial charge on any atom is 0.237 e. The van der Waals surface area contributed by atoms with Crippen LogP contribution < -0.4 is 10.6 Å². The van der Waals surface area contributed by atoms with E-state index in [1.54, 1.807) is 0 Å². The van der Waals surface area contributed by atoms with Crippen molar-refractivity contribution in [2.45, 2.75) is 33.6 Å². The van der Waals surface area contributed by atoms with Gasteiger partial charge >= 0.3 is 0 Å². The predicted molar refractivity (Wildman–Crippen MR) is 78.2 cm³/mol. The van der Waals surface area contributed by atoms with Gasteiger partial charge in [-0.25, -0.2) is 4.90 Å². The Kier molecular flexibility index (Phi) is 2.85. The van der Waals surface area contributed by atoms with E-state index in [9.17, 15) is 9.59 Å². The predicted octanol–water partition coefficient (Wildman–Crippen LogP) is 2.42. The molecule has 1 saturated carbocycles. The first-order valence-electron chi connectivity index (χ1n) is 7.15. The Morgan fingerprint density at radius 1 is 1.10 bits per heavy atom. The number of nitrogens with zero attached hydrogens (tertiary/aromatic N) is 1. The molecule has 2 amide bonds. The first-order chi connectivity index (χ1) is 9.41. The fourth-order valence-corrected chi connectivity index (χ4v) is 3.69. The second kappa shape index (κ2) is 4.33. The van der Waals surface area contributed by atoms with Crippen LogP contribution in [0.1, 0.15) is 30.9 Å². The number of nitrogens with two attached hydrogens (primary N) is 1. The molecule has 3 rings (SSSR count). The van der Waals surface area contributed by atoms with E-state index in [0.29, 0.717) is 17.3 Å². The second-order valence-electron chi connectivity index (χ2n) is 6.25. The number of anilines is 2. The average molecular weight is 272 g/mol. The van der Waals surface area contributed by atoms with Gasteiger partial charge in [0.05, 0.1) is 17.5 Å². The Labute approximate surface area is 118 Å². The van der Waals surface area contributed by atoms with Crippen molar-refractivity contribution in [3.05, 3.63) is 23.3 Å². The summed E-state index contributed by atoms with van der Waals surface area (Å²) in [4.78, 5) is 26.6. The van der Waals surface area contributed by atoms with Crippen LogP contribution in [0.3, 0.4) is 0 Å². The standard InChI is InChI=1S/C16H20N2O2/c1-8-6-11-12(7-8)16(20)18(15(11)19)14-9(2)4-5-13(17)10(14)3/h4-5,8,11-12H,6-7,17H2,1-3H3. The van der Waals surface area contributed by atoms with Gasteiger partial charge in [-0.1, -0.05) is 13.0 Å². The van der Waals surface area contributed by atoms with Gasteiger partial charge in [-0.2, -0.15) is 0 Å². The molecule has 2 unspecified atom stereocenters. The number of amides is 2. The lowest BCUT2D eigenvalue weighted by Crippen LogP contribution is -2.33. The lowest BCUT2D eigenvalue weighted by atomic mass is 10.00. The maximum absolute atomic E-state index is 12.6. The summed E-state index contributed by atoms with van der Waals surface area (Å²) in [6.45, 7) is 5.90. The Morgan fingerprint density at radius 2 is 1.65 bits per heavy atom. The number of hydrogen-bond acceptors (Lipinski definition) is 3. The smallest absolute Gasteiger partial charge is 0.237 e. The van der Waals surface area contributed by atoms with E-state index >= 15 is 0 Å². The molecule has 0 aromatic heterocycles. The highest BCUT2D eigenvalue weighted by molar-refractivity contribution is 6.23. The Balaban J connectivity index is 2.07. The summed E-state index contributed by atoms with van der Waals surface area (Å²) in [5.41, 5.74) is 9.00. The third kappa shape index (κ3) is 1.67. The summed E-state index contributed by atoms with van der Waals surface area (Å²) in [5.74, 6) is 0.126. The van der Waals surface area contributed by atoms with Crippen molar-refractivity contribution < 1.29 is 9.59 Å². The molecule has 4 nitrogen and oxygen atoms in total. The van der Waals surface area contributed by atoms with E-state index < -0.39 is 0 Å². The maximum atomic E-state index is 12.6. The monoisotopic (exact) mass is 272 g/mol. The minimum absolute atomic E-state index is 0.0406. The van der Waals surface area contributed by atoms with Crippen LogP contribution in [0, 0.1) is 31.6 Å². The summed E-state index contributed by atoms with van der Waals surface area (Å²) >= 11 is 0. The van der Waals surface area contributed by atoms with Crippen molar-refractivity contribution in [1.29, 1.82) is 0 Å². The number of benzene rings is 1. The van der Waals surface area contributed by atoms with Gasteiger partial charge in [0.1, 0.15) is 0 Å². The molecule has 4 heteroatoms. The van der Waals surface area contributed by atoms with Crippen molar-refractivity contribution in [1.82, 2.24) is 0 Å². The highest BCUT2D eigenvalue weighted by Gasteiger charge is 2.52. The molecule has 1 aliphatic carbocycles. The quantitative estimate of drug-likeness (QED) is 0.631. The molecule has 2 atom stereocenters. The normalized spacial score (nSPS) is 29.1. The summed E-state index contributed by atoms with van der Waals surface area (Å²) in [6, 6.07) is 3.69. The van der Waals surface area contributed by atoms with Gasteiger partial charge in [0.15, 0.2) is 0 Å². The molecule has 2 aliphatic rings. The van der Waals surface area contributed by atoms with E-state index in [1.807, 2.05) is 26.0 Å². The molecule has 0 radical (unpaired) electrons. The topological polar surface area (TPSA) is 63.4 Å². The minimum Gasteiger partial charge on any atom is -0.398 e. The van der Waals surface area contributed by atoms with Crippen molar-refractivity contribution in [2.75, 3.05) is 10.6 Å². The van der Waals surface area contributed by atoms with Crippen molar-refractivity contribution >= 4 is 23.2 Å². The van der Waals surface area contributed by atoms with Crippen LogP contribution in [0.4, 0.5) is 11.4 Å². The highest BCUT2D eigenvalue weighted by Crippen LogP contribution is 2.45. The van der Waals surface area contributed by atoms with Gasteiger partial charge in [-0.15, -0.1) is 0 Å². The second-order valence-corrected chi connectivity index (χ2v) is 6.25. The molecule has 106 valence electrons.